The number of nitrogens with zero attached hydrogens (tertiary/aromatic N) is 3. The van der Waals surface area contributed by atoms with Crippen molar-refractivity contribution in [2.45, 2.75) is 17.5 Å². The van der Waals surface area contributed by atoms with Gasteiger partial charge in [-0.25, -0.2) is 4.39 Å². The first-order chi connectivity index (χ1) is 16.9. The van der Waals surface area contributed by atoms with Gasteiger partial charge in [0, 0.05) is 64.9 Å². The summed E-state index contributed by atoms with van der Waals surface area (Å²) < 4.78 is 14.5. The van der Waals surface area contributed by atoms with Gasteiger partial charge in [-0.15, -0.1) is 11.8 Å². The van der Waals surface area contributed by atoms with Crippen LogP contribution in [0.1, 0.15) is 27.4 Å². The summed E-state index contributed by atoms with van der Waals surface area (Å²) in [6.45, 7) is 0. The number of carbonyl (C=O) groups excluding carboxylic acids is 2. The normalized spacial score (nSPS) is 27.0. The van der Waals surface area contributed by atoms with Crippen LogP contribution in [0.15, 0.2) is 67.0 Å². The van der Waals surface area contributed by atoms with Crippen LogP contribution in [-0.2, 0) is 10.3 Å². The van der Waals surface area contributed by atoms with Crippen molar-refractivity contribution in [3.05, 3.63) is 99.6 Å². The molecule has 1 N–H and O–H groups in total. The van der Waals surface area contributed by atoms with Crippen LogP contribution in [0.3, 0.4) is 0 Å². The Morgan fingerprint density at radius 3 is 2.74 bits per heavy atom. The molecule has 0 bridgehead atoms. The number of hydrogen-bond donors (Lipinski definition) is 1. The van der Waals surface area contributed by atoms with E-state index in [1.807, 2.05) is 4.90 Å². The Morgan fingerprint density at radius 1 is 1.23 bits per heavy atom. The lowest BCUT2D eigenvalue weighted by Gasteiger charge is -2.36. The minimum Gasteiger partial charge on any atom is -0.324 e. The van der Waals surface area contributed by atoms with Gasteiger partial charge in [-0.1, -0.05) is 12.1 Å². The number of halogens is 1. The van der Waals surface area contributed by atoms with Gasteiger partial charge in [-0.2, -0.15) is 0 Å². The highest BCUT2D eigenvalue weighted by Crippen LogP contribution is 2.61. The highest BCUT2D eigenvalue weighted by atomic mass is 32.2. The second-order valence-corrected chi connectivity index (χ2v) is 9.91. The van der Waals surface area contributed by atoms with Gasteiger partial charge in [0.15, 0.2) is 5.78 Å². The average molecular weight is 491 g/mol. The number of benzene rings is 2. The van der Waals surface area contributed by atoms with Gasteiger partial charge in [0.1, 0.15) is 11.4 Å². The third kappa shape index (κ3) is 3.06. The lowest BCUT2D eigenvalue weighted by molar-refractivity contribution is -0.384. The molecule has 4 atom stereocenters. The summed E-state index contributed by atoms with van der Waals surface area (Å²) in [5, 5.41) is 14.1. The molecule has 0 aliphatic carbocycles. The summed E-state index contributed by atoms with van der Waals surface area (Å²) in [5.74, 6) is -1.30. The van der Waals surface area contributed by atoms with Gasteiger partial charge in [0.05, 0.1) is 10.8 Å². The molecule has 0 saturated carbocycles. The van der Waals surface area contributed by atoms with E-state index < -0.39 is 28.1 Å². The smallest absolute Gasteiger partial charge is 0.269 e. The molecular weight excluding hydrogens is 471 g/mol. The van der Waals surface area contributed by atoms with Crippen LogP contribution in [0.2, 0.25) is 0 Å². The maximum atomic E-state index is 14.5. The molecule has 4 heterocycles. The van der Waals surface area contributed by atoms with Crippen LogP contribution in [-0.4, -0.2) is 44.2 Å². The van der Waals surface area contributed by atoms with Crippen molar-refractivity contribution < 1.29 is 18.9 Å². The number of nitro groups is 1. The van der Waals surface area contributed by atoms with E-state index in [4.69, 9.17) is 0 Å². The molecule has 1 amide bonds. The lowest BCUT2D eigenvalue weighted by atomic mass is 9.69. The third-order valence-electron chi connectivity index (χ3n) is 7.30. The predicted molar refractivity (Wildman–Crippen MR) is 128 cm³/mol. The maximum absolute atomic E-state index is 14.5. The summed E-state index contributed by atoms with van der Waals surface area (Å²) in [6.07, 6.45) is 3.04. The zero-order valence-electron chi connectivity index (χ0n) is 18.3. The number of aromatic nitrogens is 1. The number of anilines is 1. The highest BCUT2D eigenvalue weighted by molar-refractivity contribution is 7.99. The Kier molecular flexibility index (Phi) is 4.97. The van der Waals surface area contributed by atoms with E-state index in [9.17, 15) is 24.1 Å². The Bertz CT molecular complexity index is 1370. The number of fused-ring (bicyclic) bond motifs is 4. The number of thioether (sulfide) groups is 1. The predicted octanol–water partition coefficient (Wildman–Crippen LogP) is 3.95. The fourth-order valence-corrected chi connectivity index (χ4v) is 7.25. The second kappa shape index (κ2) is 7.96. The molecular formula is C25H19FN4O4S. The SMILES string of the molecule is O=C(c1cccnc1)[C@@H]1[C@@H](c2ccc([N+](=O)[O-])cc2)[C@@H]2CSCN2[C@@]12C(=O)Nc1ccc(F)cc12. The van der Waals surface area contributed by atoms with Crippen molar-refractivity contribution >= 4 is 34.8 Å². The van der Waals surface area contributed by atoms with Gasteiger partial charge >= 0.3 is 0 Å². The Morgan fingerprint density at radius 2 is 2.03 bits per heavy atom. The molecule has 3 aromatic rings. The minimum atomic E-state index is -1.41. The van der Waals surface area contributed by atoms with E-state index in [0.717, 1.165) is 5.56 Å². The van der Waals surface area contributed by atoms with Gasteiger partial charge in [0.2, 0.25) is 5.91 Å². The van der Waals surface area contributed by atoms with Crippen LogP contribution >= 0.6 is 11.8 Å². The number of hydrogen-bond acceptors (Lipinski definition) is 7. The molecule has 0 radical (unpaired) electrons. The quantitative estimate of drug-likeness (QED) is 0.335. The molecule has 1 spiro atoms. The summed E-state index contributed by atoms with van der Waals surface area (Å²) in [4.78, 5) is 44.9. The molecule has 1 aromatic heterocycles. The first kappa shape index (κ1) is 21.9. The minimum absolute atomic E-state index is 0.0553. The largest absolute Gasteiger partial charge is 0.324 e. The third-order valence-corrected chi connectivity index (χ3v) is 8.34. The Hall–Kier alpha value is -3.63. The van der Waals surface area contributed by atoms with Crippen LogP contribution in [0, 0.1) is 21.8 Å². The number of nitrogens with one attached hydrogen (secondary N) is 1. The second-order valence-electron chi connectivity index (χ2n) is 8.91. The molecule has 3 aliphatic rings. The Balaban J connectivity index is 1.60. The number of nitro benzene ring substituents is 1. The van der Waals surface area contributed by atoms with Crippen LogP contribution in [0.4, 0.5) is 15.8 Å². The summed E-state index contributed by atoms with van der Waals surface area (Å²) in [5.41, 5.74) is 0.549. The maximum Gasteiger partial charge on any atom is 0.269 e. The number of non-ortho nitro benzene ring substituents is 1. The number of amides is 1. The van der Waals surface area contributed by atoms with Crippen molar-refractivity contribution in [3.63, 3.8) is 0 Å². The van der Waals surface area contributed by atoms with Gasteiger partial charge < -0.3 is 5.32 Å². The van der Waals surface area contributed by atoms with E-state index in [2.05, 4.69) is 10.3 Å². The number of carbonyl (C=O) groups is 2. The van der Waals surface area contributed by atoms with E-state index in [1.54, 1.807) is 42.2 Å². The zero-order chi connectivity index (χ0) is 24.3. The molecule has 2 fully saturated rings. The lowest BCUT2D eigenvalue weighted by Crippen LogP contribution is -2.52. The average Bonchev–Trinajstić information content (AvgIpc) is 3.53. The highest BCUT2D eigenvalue weighted by Gasteiger charge is 2.69. The summed E-state index contributed by atoms with van der Waals surface area (Å²) >= 11 is 1.64. The fraction of sp³-hybridized carbons (Fsp3) is 0.240. The molecule has 8 nitrogen and oxygen atoms in total. The van der Waals surface area contributed by atoms with E-state index in [-0.39, 0.29) is 23.4 Å². The molecule has 10 heteroatoms. The van der Waals surface area contributed by atoms with Crippen LogP contribution < -0.4 is 5.32 Å². The molecule has 0 unspecified atom stereocenters. The van der Waals surface area contributed by atoms with Crippen molar-refractivity contribution in [2.75, 3.05) is 16.9 Å². The van der Waals surface area contributed by atoms with Crippen molar-refractivity contribution in [2.24, 2.45) is 5.92 Å². The molecule has 35 heavy (non-hydrogen) atoms. The van der Waals surface area contributed by atoms with E-state index in [1.165, 1.54) is 36.5 Å². The number of Topliss-reactive ketones (excluding diaryl/α,β-unsaturated/α-hetero) is 1. The van der Waals surface area contributed by atoms with Gasteiger partial charge in [-0.3, -0.25) is 29.6 Å². The van der Waals surface area contributed by atoms with Gasteiger partial charge in [0.25, 0.3) is 5.69 Å². The standard InChI is InChI=1S/C25H19FN4O4S/c26-16-5-8-19-18(10-16)25(24(32)28-19)22(23(31)15-2-1-9-27-11-15)21(20-12-35-13-29(20)25)14-3-6-17(7-4-14)30(33)34/h1-11,20-22H,12-13H2,(H,28,32)/t20-,21-,22-,25+/m0/s1. The van der Waals surface area contributed by atoms with Crippen molar-refractivity contribution in [3.8, 4) is 0 Å². The molecule has 2 aromatic carbocycles. The number of pyridine rings is 1. The first-order valence-electron chi connectivity index (χ1n) is 11.1. The fourth-order valence-electron chi connectivity index (χ4n) is 5.93. The van der Waals surface area contributed by atoms with Crippen molar-refractivity contribution in [1.29, 1.82) is 0 Å². The van der Waals surface area contributed by atoms with E-state index >= 15 is 0 Å². The zero-order valence-corrected chi connectivity index (χ0v) is 19.1. The number of rotatable bonds is 4. The molecule has 2 saturated heterocycles. The molecule has 3 aliphatic heterocycles. The summed E-state index contributed by atoms with van der Waals surface area (Å²) in [6, 6.07) is 13.4. The Labute approximate surface area is 203 Å². The van der Waals surface area contributed by atoms with E-state index in [0.29, 0.717) is 28.4 Å². The molecule has 176 valence electrons. The van der Waals surface area contributed by atoms with Crippen LogP contribution in [0.5, 0.6) is 0 Å². The first-order valence-corrected chi connectivity index (χ1v) is 12.2. The molecule has 6 rings (SSSR count). The number of ketones is 1. The summed E-state index contributed by atoms with van der Waals surface area (Å²) in [7, 11) is 0. The van der Waals surface area contributed by atoms with Crippen molar-refractivity contribution in [1.82, 2.24) is 9.88 Å². The monoisotopic (exact) mass is 490 g/mol. The van der Waals surface area contributed by atoms with Gasteiger partial charge in [-0.05, 0) is 35.9 Å². The topological polar surface area (TPSA) is 105 Å². The van der Waals surface area contributed by atoms with Crippen LogP contribution in [0.25, 0.3) is 0 Å².